The number of aromatic nitrogens is 2. The van der Waals surface area contributed by atoms with Gasteiger partial charge in [0.15, 0.2) is 0 Å². The van der Waals surface area contributed by atoms with E-state index >= 15 is 0 Å². The minimum Gasteiger partial charge on any atom is -0.456 e. The molecule has 0 aliphatic heterocycles. The van der Waals surface area contributed by atoms with Crippen LogP contribution in [0, 0.1) is 0 Å². The van der Waals surface area contributed by atoms with E-state index in [0.29, 0.717) is 0 Å². The molecule has 10 rings (SSSR count). The lowest BCUT2D eigenvalue weighted by atomic mass is 10.1. The Kier molecular flexibility index (Phi) is 5.00. The molecule has 0 unspecified atom stereocenters. The fourth-order valence-corrected chi connectivity index (χ4v) is 7.34. The molecule has 0 amide bonds. The number of rotatable bonds is 3. The summed E-state index contributed by atoms with van der Waals surface area (Å²) in [5, 5.41) is 7.24. The number of benzene rings is 7. The summed E-state index contributed by atoms with van der Waals surface area (Å²) in [5.74, 6) is 0. The summed E-state index contributed by atoms with van der Waals surface area (Å²) in [6.07, 6.45) is 0. The fourth-order valence-electron chi connectivity index (χ4n) is 7.34. The molecule has 0 spiro atoms. The highest BCUT2D eigenvalue weighted by Gasteiger charge is 2.20. The third-order valence-corrected chi connectivity index (χ3v) is 9.32. The minimum absolute atomic E-state index is 0.897. The van der Waals surface area contributed by atoms with Crippen molar-refractivity contribution in [2.45, 2.75) is 0 Å². The van der Waals surface area contributed by atoms with Crippen LogP contribution in [0.4, 0.5) is 0 Å². The Morgan fingerprint density at radius 1 is 0.356 bits per heavy atom. The van der Waals surface area contributed by atoms with Crippen LogP contribution >= 0.6 is 0 Å². The van der Waals surface area contributed by atoms with E-state index in [-0.39, 0.29) is 0 Å². The second-order valence-corrected chi connectivity index (χ2v) is 11.8. The topological polar surface area (TPSA) is 23.0 Å². The number of hydrogen-bond donors (Lipinski definition) is 0. The molecule has 3 aromatic heterocycles. The fraction of sp³-hybridized carbons (Fsp3) is 0. The van der Waals surface area contributed by atoms with Crippen molar-refractivity contribution in [3.63, 3.8) is 0 Å². The first kappa shape index (κ1) is 24.4. The highest BCUT2D eigenvalue weighted by Crippen LogP contribution is 2.42. The molecule has 0 aliphatic carbocycles. The molecule has 210 valence electrons. The Balaban J connectivity index is 1.31. The number of para-hydroxylation sites is 3. The van der Waals surface area contributed by atoms with Gasteiger partial charge < -0.3 is 13.6 Å². The quantitative estimate of drug-likeness (QED) is 0.206. The lowest BCUT2D eigenvalue weighted by molar-refractivity contribution is 0.669. The zero-order chi connectivity index (χ0) is 29.5. The van der Waals surface area contributed by atoms with Gasteiger partial charge in [-0.1, -0.05) is 103 Å². The Morgan fingerprint density at radius 2 is 0.933 bits per heavy atom. The lowest BCUT2D eigenvalue weighted by Gasteiger charge is -2.12. The van der Waals surface area contributed by atoms with Crippen molar-refractivity contribution in [2.75, 3.05) is 0 Å². The average Bonchev–Trinajstić information content (AvgIpc) is 3.75. The third kappa shape index (κ3) is 3.46. The Labute approximate surface area is 258 Å². The highest BCUT2D eigenvalue weighted by atomic mass is 16.3. The van der Waals surface area contributed by atoms with E-state index in [1.165, 1.54) is 54.7 Å². The van der Waals surface area contributed by atoms with Crippen molar-refractivity contribution >= 4 is 65.6 Å². The van der Waals surface area contributed by atoms with Gasteiger partial charge in [-0.25, -0.2) is 0 Å². The molecule has 0 radical (unpaired) electrons. The summed E-state index contributed by atoms with van der Waals surface area (Å²) in [6.45, 7) is 0. The van der Waals surface area contributed by atoms with Crippen LogP contribution in [0.5, 0.6) is 0 Å². The summed E-state index contributed by atoms with van der Waals surface area (Å²) in [4.78, 5) is 0. The molecule has 3 nitrogen and oxygen atoms in total. The van der Waals surface area contributed by atoms with Crippen LogP contribution in [0.2, 0.25) is 0 Å². The van der Waals surface area contributed by atoms with Crippen molar-refractivity contribution in [3.8, 4) is 22.5 Å². The van der Waals surface area contributed by atoms with Crippen LogP contribution < -0.4 is 0 Å². The second-order valence-electron chi connectivity index (χ2n) is 11.8. The Bertz CT molecular complexity index is 2740. The number of furan rings is 1. The van der Waals surface area contributed by atoms with Gasteiger partial charge in [0.1, 0.15) is 11.2 Å². The van der Waals surface area contributed by atoms with E-state index in [2.05, 4.69) is 161 Å². The van der Waals surface area contributed by atoms with E-state index in [1.807, 2.05) is 6.07 Å². The van der Waals surface area contributed by atoms with E-state index in [1.54, 1.807) is 0 Å². The molecule has 0 N–H and O–H groups in total. The normalized spacial score (nSPS) is 12.0. The maximum Gasteiger partial charge on any atom is 0.137 e. The predicted octanol–water partition coefficient (Wildman–Crippen LogP) is 11.4. The molecule has 0 bridgehead atoms. The first-order valence-electron chi connectivity index (χ1n) is 15.4. The van der Waals surface area contributed by atoms with Gasteiger partial charge in [-0.3, -0.25) is 0 Å². The number of nitrogens with zero attached hydrogens (tertiary/aromatic N) is 2. The van der Waals surface area contributed by atoms with Crippen LogP contribution in [-0.4, -0.2) is 9.13 Å². The van der Waals surface area contributed by atoms with Gasteiger partial charge in [-0.15, -0.1) is 0 Å². The van der Waals surface area contributed by atoms with Crippen molar-refractivity contribution < 1.29 is 4.42 Å². The van der Waals surface area contributed by atoms with Gasteiger partial charge in [0.05, 0.1) is 33.1 Å². The van der Waals surface area contributed by atoms with Gasteiger partial charge in [0.25, 0.3) is 0 Å². The van der Waals surface area contributed by atoms with Crippen LogP contribution in [0.25, 0.3) is 88.1 Å². The smallest absolute Gasteiger partial charge is 0.137 e. The molecular formula is C42H26N2O. The van der Waals surface area contributed by atoms with Gasteiger partial charge in [0, 0.05) is 32.6 Å². The average molecular weight is 575 g/mol. The van der Waals surface area contributed by atoms with E-state index in [0.717, 1.165) is 33.3 Å². The lowest BCUT2D eigenvalue weighted by Crippen LogP contribution is -1.96. The predicted molar refractivity (Wildman–Crippen MR) is 188 cm³/mol. The van der Waals surface area contributed by atoms with Crippen LogP contribution in [0.1, 0.15) is 0 Å². The molecule has 0 aliphatic rings. The van der Waals surface area contributed by atoms with Gasteiger partial charge in [-0.2, -0.15) is 0 Å². The summed E-state index contributed by atoms with van der Waals surface area (Å²) < 4.78 is 11.2. The van der Waals surface area contributed by atoms with Crippen LogP contribution in [0.3, 0.4) is 0 Å². The monoisotopic (exact) mass is 574 g/mol. The summed E-state index contributed by atoms with van der Waals surface area (Å²) >= 11 is 0. The van der Waals surface area contributed by atoms with Gasteiger partial charge in [-0.05, 0) is 65.7 Å². The third-order valence-electron chi connectivity index (χ3n) is 9.32. The van der Waals surface area contributed by atoms with Crippen LogP contribution in [0.15, 0.2) is 162 Å². The molecule has 7 aromatic carbocycles. The number of fused-ring (bicyclic) bond motifs is 9. The standard InChI is InChI=1S/C42H26N2O/c1-2-11-27(12-3-1)28-21-23-29(24-22-28)43-35-16-7-4-13-30(35)33-25-34-31-14-5-8-17-36(31)44(39(34)26-38(33)43)37-18-10-20-41-42(37)32-15-6-9-19-40(32)45-41/h1-26H. The largest absolute Gasteiger partial charge is 0.456 e. The molecule has 0 fully saturated rings. The zero-order valence-corrected chi connectivity index (χ0v) is 24.3. The van der Waals surface area contributed by atoms with Crippen molar-refractivity contribution in [1.29, 1.82) is 0 Å². The Morgan fingerprint density at radius 3 is 1.69 bits per heavy atom. The Hall–Kier alpha value is -6.06. The van der Waals surface area contributed by atoms with Crippen molar-refractivity contribution in [1.82, 2.24) is 9.13 Å². The molecule has 3 heterocycles. The van der Waals surface area contributed by atoms with E-state index < -0.39 is 0 Å². The van der Waals surface area contributed by atoms with Crippen molar-refractivity contribution in [2.24, 2.45) is 0 Å². The second kappa shape index (κ2) is 9.22. The van der Waals surface area contributed by atoms with Crippen LogP contribution in [-0.2, 0) is 0 Å². The summed E-state index contributed by atoms with van der Waals surface area (Å²) in [6, 6.07) is 56.5. The highest BCUT2D eigenvalue weighted by molar-refractivity contribution is 6.20. The van der Waals surface area contributed by atoms with Gasteiger partial charge >= 0.3 is 0 Å². The van der Waals surface area contributed by atoms with E-state index in [4.69, 9.17) is 4.42 Å². The van der Waals surface area contributed by atoms with Gasteiger partial charge in [0.2, 0.25) is 0 Å². The summed E-state index contributed by atoms with van der Waals surface area (Å²) in [7, 11) is 0. The first-order valence-corrected chi connectivity index (χ1v) is 15.4. The van der Waals surface area contributed by atoms with E-state index in [9.17, 15) is 0 Å². The molecule has 0 saturated carbocycles. The molecule has 3 heteroatoms. The summed E-state index contributed by atoms with van der Waals surface area (Å²) in [5.41, 5.74) is 11.2. The maximum atomic E-state index is 6.33. The maximum absolute atomic E-state index is 6.33. The molecule has 0 saturated heterocycles. The molecule has 45 heavy (non-hydrogen) atoms. The zero-order valence-electron chi connectivity index (χ0n) is 24.3. The molecule has 10 aromatic rings. The minimum atomic E-state index is 0.897. The molecule has 0 atom stereocenters. The SMILES string of the molecule is c1ccc(-c2ccc(-n3c4ccccc4c4cc5c6ccccc6n(-c6cccc7oc8ccccc8c67)c5cc43)cc2)cc1. The number of hydrogen-bond acceptors (Lipinski definition) is 1. The first-order chi connectivity index (χ1) is 22.3. The molecular weight excluding hydrogens is 548 g/mol. The van der Waals surface area contributed by atoms with Crippen molar-refractivity contribution in [3.05, 3.63) is 158 Å².